The van der Waals surface area contributed by atoms with Gasteiger partial charge in [-0.2, -0.15) is 13.2 Å². The highest BCUT2D eigenvalue weighted by molar-refractivity contribution is 7.90. The molecule has 4 rings (SSSR count). The second-order valence-electron chi connectivity index (χ2n) is 9.58. The third-order valence-corrected chi connectivity index (χ3v) is 7.66. The van der Waals surface area contributed by atoms with Gasteiger partial charge in [0.05, 0.1) is 41.5 Å². The summed E-state index contributed by atoms with van der Waals surface area (Å²) in [6.07, 6.45) is -3.92. The third kappa shape index (κ3) is 6.96. The molecule has 0 aliphatic carbocycles. The number of rotatable bonds is 7. The zero-order valence-electron chi connectivity index (χ0n) is 21.8. The summed E-state index contributed by atoms with van der Waals surface area (Å²) in [5, 5.41) is 6.74. The molecule has 0 saturated carbocycles. The molecule has 0 unspecified atom stereocenters. The van der Waals surface area contributed by atoms with E-state index in [1.807, 2.05) is 11.9 Å². The molecular weight excluding hydrogens is 536 g/mol. The van der Waals surface area contributed by atoms with Crippen molar-refractivity contribution in [1.29, 1.82) is 0 Å². The molecule has 1 aliphatic rings. The van der Waals surface area contributed by atoms with Crippen molar-refractivity contribution in [3.05, 3.63) is 48.2 Å². The molecule has 2 N–H and O–H groups in total. The second-order valence-corrected chi connectivity index (χ2v) is 11.6. The number of aromatic nitrogens is 1. The number of anilines is 2. The van der Waals surface area contributed by atoms with Crippen molar-refractivity contribution in [3.8, 4) is 17.6 Å². The third-order valence-electron chi connectivity index (χ3n) is 6.55. The maximum absolute atomic E-state index is 14.6. The van der Waals surface area contributed by atoms with Gasteiger partial charge in [0.2, 0.25) is 0 Å². The topological polar surface area (TPSA) is 75.6 Å². The molecule has 12 heteroatoms. The number of piperidine rings is 1. The predicted molar refractivity (Wildman–Crippen MR) is 144 cm³/mol. The molecule has 1 saturated heterocycles. The van der Waals surface area contributed by atoms with Crippen LogP contribution in [0, 0.1) is 11.8 Å². The maximum Gasteiger partial charge on any atom is 0.406 e. The summed E-state index contributed by atoms with van der Waals surface area (Å²) in [4.78, 5) is 2.00. The summed E-state index contributed by atoms with van der Waals surface area (Å²) in [6, 6.07) is 10.5. The van der Waals surface area contributed by atoms with E-state index >= 15 is 0 Å². The van der Waals surface area contributed by atoms with E-state index in [0.29, 0.717) is 41.0 Å². The summed E-state index contributed by atoms with van der Waals surface area (Å²) in [7, 11) is -0.176. The minimum atomic E-state index is -4.48. The van der Waals surface area contributed by atoms with Crippen LogP contribution in [0.5, 0.6) is 5.75 Å². The number of halogens is 4. The Hall–Kier alpha value is -3.43. The molecule has 0 radical (unpaired) electrons. The normalized spacial score (nSPS) is 18.4. The van der Waals surface area contributed by atoms with Crippen molar-refractivity contribution in [3.63, 3.8) is 0 Å². The van der Waals surface area contributed by atoms with E-state index in [0.717, 1.165) is 10.8 Å². The van der Waals surface area contributed by atoms with Crippen molar-refractivity contribution in [2.24, 2.45) is 0 Å². The fourth-order valence-corrected chi connectivity index (χ4v) is 5.24. The summed E-state index contributed by atoms with van der Waals surface area (Å²) in [6.45, 7) is -0.159. The first-order valence-corrected chi connectivity index (χ1v) is 14.1. The monoisotopic (exact) mass is 566 g/mol. The first kappa shape index (κ1) is 28.6. The minimum Gasteiger partial charge on any atom is -0.495 e. The molecule has 39 heavy (non-hydrogen) atoms. The zero-order chi connectivity index (χ0) is 28.4. The van der Waals surface area contributed by atoms with Gasteiger partial charge in [0.1, 0.15) is 18.5 Å². The van der Waals surface area contributed by atoms with E-state index in [1.54, 1.807) is 24.3 Å². The van der Waals surface area contributed by atoms with Crippen molar-refractivity contribution >= 4 is 32.1 Å². The van der Waals surface area contributed by atoms with E-state index in [-0.39, 0.29) is 23.7 Å². The second kappa shape index (κ2) is 11.4. The zero-order valence-corrected chi connectivity index (χ0v) is 22.6. The lowest BCUT2D eigenvalue weighted by atomic mass is 10.0. The lowest BCUT2D eigenvalue weighted by Gasteiger charge is -2.33. The molecule has 0 amide bonds. The van der Waals surface area contributed by atoms with Crippen LogP contribution >= 0.6 is 0 Å². The molecule has 0 bridgehead atoms. The number of ether oxygens (including phenoxy) is 1. The Kier molecular flexibility index (Phi) is 8.32. The Labute approximate surface area is 225 Å². The Morgan fingerprint density at radius 3 is 2.59 bits per heavy atom. The smallest absolute Gasteiger partial charge is 0.406 e. The molecule has 1 aromatic heterocycles. The van der Waals surface area contributed by atoms with Crippen LogP contribution in [-0.4, -0.2) is 76.3 Å². The molecule has 210 valence electrons. The van der Waals surface area contributed by atoms with Gasteiger partial charge in [0.15, 0.2) is 9.84 Å². The predicted octanol–water partition coefficient (Wildman–Crippen LogP) is 4.53. The lowest BCUT2D eigenvalue weighted by molar-refractivity contribution is -0.140. The number of methoxy groups -OCH3 is 1. The van der Waals surface area contributed by atoms with Crippen LogP contribution in [0.1, 0.15) is 12.1 Å². The van der Waals surface area contributed by atoms with Gasteiger partial charge in [-0.15, -0.1) is 0 Å². The average molecular weight is 567 g/mol. The van der Waals surface area contributed by atoms with Gasteiger partial charge >= 0.3 is 6.18 Å². The molecule has 1 aliphatic heterocycles. The first-order chi connectivity index (χ1) is 18.4. The number of hydrogen-bond donors (Lipinski definition) is 2. The van der Waals surface area contributed by atoms with Crippen LogP contribution in [0.15, 0.2) is 47.4 Å². The van der Waals surface area contributed by atoms with Gasteiger partial charge in [0, 0.05) is 36.5 Å². The quantitative estimate of drug-likeness (QED) is 0.323. The highest BCUT2D eigenvalue weighted by Gasteiger charge is 2.31. The fraction of sp³-hybridized carbons (Fsp3) is 0.407. The van der Waals surface area contributed by atoms with Crippen LogP contribution in [0.3, 0.4) is 0 Å². The number of sulfone groups is 1. The van der Waals surface area contributed by atoms with Gasteiger partial charge in [-0.05, 0) is 49.7 Å². The number of benzene rings is 2. The summed E-state index contributed by atoms with van der Waals surface area (Å²) in [5.74, 6) is 5.95. The Balaban J connectivity index is 1.61. The van der Waals surface area contributed by atoms with Crippen LogP contribution in [0.2, 0.25) is 0 Å². The highest BCUT2D eigenvalue weighted by Crippen LogP contribution is 2.32. The summed E-state index contributed by atoms with van der Waals surface area (Å²) in [5.41, 5.74) is 1.55. The molecule has 2 atom stereocenters. The SMILES string of the molecule is COc1cc(S(C)(=O)=O)ccc1NCC#Cc1cc2c(N[C@H]3CCN(C)C[C@@H]3F)cccc2n1CC(F)(F)F. The van der Waals surface area contributed by atoms with E-state index in [4.69, 9.17) is 4.74 Å². The van der Waals surface area contributed by atoms with Crippen molar-refractivity contribution in [2.45, 2.75) is 36.3 Å². The number of hydrogen-bond acceptors (Lipinski definition) is 6. The molecular formula is C27H30F4N4O3S. The van der Waals surface area contributed by atoms with Crippen LogP contribution in [0.4, 0.5) is 28.9 Å². The van der Waals surface area contributed by atoms with Crippen LogP contribution in [-0.2, 0) is 16.4 Å². The Morgan fingerprint density at radius 2 is 1.92 bits per heavy atom. The first-order valence-electron chi connectivity index (χ1n) is 12.2. The van der Waals surface area contributed by atoms with E-state index in [9.17, 15) is 26.0 Å². The van der Waals surface area contributed by atoms with E-state index in [2.05, 4.69) is 22.5 Å². The maximum atomic E-state index is 14.6. The molecule has 2 heterocycles. The minimum absolute atomic E-state index is 0.0619. The van der Waals surface area contributed by atoms with Gasteiger partial charge in [-0.3, -0.25) is 0 Å². The van der Waals surface area contributed by atoms with Crippen molar-refractivity contribution in [2.75, 3.05) is 50.7 Å². The number of fused-ring (bicyclic) bond motifs is 1. The Morgan fingerprint density at radius 1 is 1.15 bits per heavy atom. The van der Waals surface area contributed by atoms with Gasteiger partial charge in [-0.25, -0.2) is 12.8 Å². The van der Waals surface area contributed by atoms with E-state index < -0.39 is 34.8 Å². The molecule has 3 aromatic rings. The van der Waals surface area contributed by atoms with Crippen LogP contribution in [0.25, 0.3) is 10.9 Å². The standard InChI is InChI=1S/C27H30F4N4O3S/c1-34-13-11-23(21(28)16-34)33-22-7-4-8-25-20(22)14-18(35(25)17-27(29,30)31)6-5-12-32-24-10-9-19(39(3,36)37)15-26(24)38-2/h4,7-10,14-15,21,23,32-33H,11-13,16-17H2,1-3H3/t21-,23-/m0/s1. The van der Waals surface area contributed by atoms with Gasteiger partial charge < -0.3 is 24.8 Å². The van der Waals surface area contributed by atoms with E-state index in [1.165, 1.54) is 25.3 Å². The van der Waals surface area contributed by atoms with Crippen molar-refractivity contribution < 1.29 is 30.7 Å². The number of likely N-dealkylation sites (tertiary alicyclic amines) is 1. The summed E-state index contributed by atoms with van der Waals surface area (Å²) < 4.78 is 85.1. The molecule has 1 fully saturated rings. The highest BCUT2D eigenvalue weighted by atomic mass is 32.2. The number of nitrogens with zero attached hydrogens (tertiary/aromatic N) is 2. The largest absolute Gasteiger partial charge is 0.495 e. The lowest BCUT2D eigenvalue weighted by Crippen LogP contribution is -2.46. The fourth-order valence-electron chi connectivity index (χ4n) is 4.60. The molecule has 2 aromatic carbocycles. The molecule has 7 nitrogen and oxygen atoms in total. The van der Waals surface area contributed by atoms with Crippen molar-refractivity contribution in [1.82, 2.24) is 9.47 Å². The summed E-state index contributed by atoms with van der Waals surface area (Å²) >= 11 is 0. The van der Waals surface area contributed by atoms with Gasteiger partial charge in [-0.1, -0.05) is 12.0 Å². The number of nitrogens with one attached hydrogen (secondary N) is 2. The Bertz CT molecular complexity index is 1510. The van der Waals surface area contributed by atoms with Gasteiger partial charge in [0.25, 0.3) is 0 Å². The average Bonchev–Trinajstić information content (AvgIpc) is 3.19. The number of alkyl halides is 4. The molecule has 0 spiro atoms. The van der Waals surface area contributed by atoms with Crippen LogP contribution < -0.4 is 15.4 Å².